The molecule has 0 aliphatic rings. The average Bonchev–Trinajstić information content (AvgIpc) is 2.71. The number of hydrogen-bond acceptors (Lipinski definition) is 8. The minimum absolute atomic E-state index is 0.0955. The average molecular weight is 448 g/mol. The van der Waals surface area contributed by atoms with E-state index in [2.05, 4.69) is 5.32 Å². The lowest BCUT2D eigenvalue weighted by Crippen LogP contribution is -2.39. The molecule has 0 aliphatic heterocycles. The fourth-order valence-electron chi connectivity index (χ4n) is 2.76. The van der Waals surface area contributed by atoms with Gasteiger partial charge in [0.05, 0.1) is 45.7 Å². The van der Waals surface area contributed by atoms with Crippen LogP contribution in [0.4, 0.5) is 0 Å². The van der Waals surface area contributed by atoms with Crippen molar-refractivity contribution in [3.05, 3.63) is 0 Å². The van der Waals surface area contributed by atoms with Crippen molar-refractivity contribution in [3.63, 3.8) is 0 Å². The van der Waals surface area contributed by atoms with Gasteiger partial charge in [0.25, 0.3) is 0 Å². The second-order valence-corrected chi connectivity index (χ2v) is 7.73. The first-order valence-corrected chi connectivity index (χ1v) is 10.9. The van der Waals surface area contributed by atoms with Gasteiger partial charge in [0.1, 0.15) is 12.3 Å². The van der Waals surface area contributed by atoms with Gasteiger partial charge >= 0.3 is 5.97 Å². The lowest BCUT2D eigenvalue weighted by atomic mass is 10.1. The number of unbranched alkanes of at least 4 members (excludes halogenated alkanes) is 1. The standard InChI is InChI=1S/C21H41N3O7/c1-17(2)19(16-25)24(3)9-11-30-13-15-31-14-12-29-10-7-20(26)23-8-5-4-6-18(22)21(27)28/h16-19H,4-15,22H2,1-3H3,(H,23,26)(H,27,28)/t18-,19+/m0/s1. The largest absolute Gasteiger partial charge is 0.480 e. The summed E-state index contributed by atoms with van der Waals surface area (Å²) in [5.74, 6) is -0.834. The second kappa shape index (κ2) is 19.1. The summed E-state index contributed by atoms with van der Waals surface area (Å²) in [4.78, 5) is 35.3. The van der Waals surface area contributed by atoms with E-state index in [-0.39, 0.29) is 24.3 Å². The highest BCUT2D eigenvalue weighted by Crippen LogP contribution is 2.05. The fourth-order valence-corrected chi connectivity index (χ4v) is 2.76. The van der Waals surface area contributed by atoms with Crippen LogP contribution >= 0.6 is 0 Å². The Hall–Kier alpha value is -1.59. The number of carboxylic acid groups (broad SMARTS) is 1. The maximum Gasteiger partial charge on any atom is 0.320 e. The van der Waals surface area contributed by atoms with Gasteiger partial charge in [-0.2, -0.15) is 0 Å². The number of nitrogens with two attached hydrogens (primary N) is 1. The van der Waals surface area contributed by atoms with Crippen LogP contribution in [0.5, 0.6) is 0 Å². The van der Waals surface area contributed by atoms with Crippen LogP contribution in [0, 0.1) is 5.92 Å². The van der Waals surface area contributed by atoms with Gasteiger partial charge in [0.15, 0.2) is 0 Å². The first kappa shape index (κ1) is 29.4. The monoisotopic (exact) mass is 447 g/mol. The number of carboxylic acids is 1. The number of nitrogens with one attached hydrogen (secondary N) is 1. The van der Waals surface area contributed by atoms with Crippen molar-refractivity contribution in [2.75, 3.05) is 59.8 Å². The molecule has 0 aliphatic carbocycles. The van der Waals surface area contributed by atoms with Crippen molar-refractivity contribution in [2.45, 2.75) is 51.6 Å². The van der Waals surface area contributed by atoms with Crippen LogP contribution in [0.1, 0.15) is 39.5 Å². The van der Waals surface area contributed by atoms with E-state index in [0.717, 1.165) is 6.29 Å². The third-order valence-corrected chi connectivity index (χ3v) is 4.72. The summed E-state index contributed by atoms with van der Waals surface area (Å²) in [7, 11) is 1.91. The molecule has 10 heteroatoms. The summed E-state index contributed by atoms with van der Waals surface area (Å²) >= 11 is 0. The van der Waals surface area contributed by atoms with Crippen molar-refractivity contribution in [1.82, 2.24) is 10.2 Å². The molecule has 0 spiro atoms. The van der Waals surface area contributed by atoms with Crippen LogP contribution in [0.25, 0.3) is 0 Å². The predicted octanol–water partition coefficient (Wildman–Crippen LogP) is 0.280. The zero-order chi connectivity index (χ0) is 23.5. The van der Waals surface area contributed by atoms with E-state index in [9.17, 15) is 14.4 Å². The minimum atomic E-state index is -1.00. The highest BCUT2D eigenvalue weighted by atomic mass is 16.5. The number of ether oxygens (including phenoxy) is 3. The van der Waals surface area contributed by atoms with E-state index in [1.807, 2.05) is 25.8 Å². The van der Waals surface area contributed by atoms with E-state index in [4.69, 9.17) is 25.1 Å². The van der Waals surface area contributed by atoms with Gasteiger partial charge < -0.3 is 35.2 Å². The quantitative estimate of drug-likeness (QED) is 0.167. The molecule has 0 aromatic heterocycles. The molecular weight excluding hydrogens is 406 g/mol. The summed E-state index contributed by atoms with van der Waals surface area (Å²) in [5, 5.41) is 11.4. The van der Waals surface area contributed by atoms with Crippen LogP contribution in [0.3, 0.4) is 0 Å². The van der Waals surface area contributed by atoms with E-state index in [1.54, 1.807) is 0 Å². The Balaban J connectivity index is 3.41. The lowest BCUT2D eigenvalue weighted by Gasteiger charge is -2.26. The summed E-state index contributed by atoms with van der Waals surface area (Å²) in [6, 6.07) is -0.938. The topological polar surface area (TPSA) is 140 Å². The third-order valence-electron chi connectivity index (χ3n) is 4.72. The van der Waals surface area contributed by atoms with Crippen LogP contribution in [-0.2, 0) is 28.6 Å². The van der Waals surface area contributed by atoms with E-state index in [1.165, 1.54) is 0 Å². The van der Waals surface area contributed by atoms with Gasteiger partial charge in [-0.05, 0) is 32.2 Å². The Morgan fingerprint density at radius 2 is 1.61 bits per heavy atom. The highest BCUT2D eigenvalue weighted by molar-refractivity contribution is 5.75. The Morgan fingerprint density at radius 1 is 1.03 bits per heavy atom. The Labute approximate surface area is 185 Å². The Morgan fingerprint density at radius 3 is 2.16 bits per heavy atom. The van der Waals surface area contributed by atoms with Gasteiger partial charge in [-0.15, -0.1) is 0 Å². The molecule has 0 saturated carbocycles. The number of likely N-dealkylation sites (N-methyl/N-ethyl adjacent to an activating group) is 1. The van der Waals surface area contributed by atoms with E-state index in [0.29, 0.717) is 72.0 Å². The molecule has 0 unspecified atom stereocenters. The molecule has 182 valence electrons. The molecule has 0 radical (unpaired) electrons. The fraction of sp³-hybridized carbons (Fsp3) is 0.857. The van der Waals surface area contributed by atoms with Gasteiger partial charge in [0.2, 0.25) is 5.91 Å². The molecule has 0 heterocycles. The molecule has 2 atom stereocenters. The molecule has 1 amide bonds. The summed E-state index contributed by atoms with van der Waals surface area (Å²) < 4.78 is 16.3. The maximum absolute atomic E-state index is 11.6. The van der Waals surface area contributed by atoms with Crippen molar-refractivity contribution in [2.24, 2.45) is 11.7 Å². The molecule has 0 rings (SSSR count). The lowest BCUT2D eigenvalue weighted by molar-refractivity contribution is -0.138. The Kier molecular flexibility index (Phi) is 18.1. The molecule has 0 saturated heterocycles. The first-order valence-electron chi connectivity index (χ1n) is 10.9. The van der Waals surface area contributed by atoms with Crippen molar-refractivity contribution >= 4 is 18.2 Å². The molecule has 0 bridgehead atoms. The van der Waals surface area contributed by atoms with Gasteiger partial charge in [-0.3, -0.25) is 14.5 Å². The summed E-state index contributed by atoms with van der Waals surface area (Å²) in [6.07, 6.45) is 2.98. The molecule has 0 aromatic carbocycles. The van der Waals surface area contributed by atoms with Crippen molar-refractivity contribution in [1.29, 1.82) is 0 Å². The number of aldehydes is 1. The normalized spacial score (nSPS) is 13.4. The van der Waals surface area contributed by atoms with Crippen molar-refractivity contribution < 1.29 is 33.7 Å². The number of carbonyl (C=O) groups excluding carboxylic acids is 2. The molecular formula is C21H41N3O7. The number of aliphatic carboxylic acids is 1. The predicted molar refractivity (Wildman–Crippen MR) is 117 cm³/mol. The van der Waals surface area contributed by atoms with E-state index >= 15 is 0 Å². The number of amides is 1. The summed E-state index contributed by atoms with van der Waals surface area (Å²) in [6.45, 7) is 7.82. The third kappa shape index (κ3) is 16.7. The van der Waals surface area contributed by atoms with Crippen molar-refractivity contribution in [3.8, 4) is 0 Å². The SMILES string of the molecule is CC(C)[C@@H](C=O)N(C)CCOCCOCCOCCC(=O)NCCCC[C@H](N)C(=O)O. The molecule has 0 fully saturated rings. The molecule has 0 aromatic rings. The molecule has 4 N–H and O–H groups in total. The van der Waals surface area contributed by atoms with Crippen LogP contribution in [0.2, 0.25) is 0 Å². The van der Waals surface area contributed by atoms with Crippen LogP contribution in [0.15, 0.2) is 0 Å². The zero-order valence-corrected chi connectivity index (χ0v) is 19.2. The van der Waals surface area contributed by atoms with E-state index < -0.39 is 12.0 Å². The Bertz CT molecular complexity index is 492. The molecule has 10 nitrogen and oxygen atoms in total. The number of nitrogens with zero attached hydrogens (tertiary/aromatic N) is 1. The molecule has 31 heavy (non-hydrogen) atoms. The highest BCUT2D eigenvalue weighted by Gasteiger charge is 2.17. The van der Waals surface area contributed by atoms with Crippen LogP contribution < -0.4 is 11.1 Å². The maximum atomic E-state index is 11.6. The second-order valence-electron chi connectivity index (χ2n) is 7.73. The number of rotatable bonds is 21. The van der Waals surface area contributed by atoms with Gasteiger partial charge in [-0.25, -0.2) is 0 Å². The number of hydrogen-bond donors (Lipinski definition) is 3. The zero-order valence-electron chi connectivity index (χ0n) is 19.2. The van der Waals surface area contributed by atoms with Gasteiger partial charge in [0, 0.05) is 19.5 Å². The number of carbonyl (C=O) groups is 3. The summed E-state index contributed by atoms with van der Waals surface area (Å²) in [5.41, 5.74) is 5.41. The minimum Gasteiger partial charge on any atom is -0.480 e. The first-order chi connectivity index (χ1) is 14.8. The smallest absolute Gasteiger partial charge is 0.320 e. The van der Waals surface area contributed by atoms with Gasteiger partial charge in [-0.1, -0.05) is 13.8 Å². The van der Waals surface area contributed by atoms with Crippen LogP contribution in [-0.4, -0.2) is 100 Å².